The average Bonchev–Trinajstić information content (AvgIpc) is 1.61. The fourth-order valence-corrected chi connectivity index (χ4v) is 0.204. The Labute approximate surface area is 68.5 Å². The second-order valence-electron chi connectivity index (χ2n) is 1.24. The van der Waals surface area contributed by atoms with Crippen LogP contribution >= 0.6 is 0 Å². The molecule has 0 rings (SSSR count). The summed E-state index contributed by atoms with van der Waals surface area (Å²) in [5, 5.41) is 19.0. The van der Waals surface area contributed by atoms with Crippen molar-refractivity contribution in [2.75, 3.05) is 0 Å². The monoisotopic (exact) mass is 189 g/mol. The standard InChI is InChI=1S/C4H6O4.Fe.H3N/c5-3(6)1-2-4(7)8;;/h1-2H2,(H,5,6)(H,7,8);;1H3/q;+3;/p-2. The molecule has 0 atom stereocenters. The molecular formula is C4H7FeNO4+. The van der Waals surface area contributed by atoms with E-state index in [0.29, 0.717) is 0 Å². The zero-order valence-electron chi connectivity index (χ0n) is 5.11. The molecule has 0 unspecified atom stereocenters. The van der Waals surface area contributed by atoms with Crippen LogP contribution < -0.4 is 16.4 Å². The number of carbonyl (C=O) groups is 2. The van der Waals surface area contributed by atoms with Crippen molar-refractivity contribution in [1.29, 1.82) is 0 Å². The molecule has 0 saturated carbocycles. The summed E-state index contributed by atoms with van der Waals surface area (Å²) in [5.74, 6) is -2.73. The predicted octanol–water partition coefficient (Wildman–Crippen LogP) is -2.57. The first-order valence-electron chi connectivity index (χ1n) is 2.02. The van der Waals surface area contributed by atoms with Crippen LogP contribution in [0.5, 0.6) is 0 Å². The third kappa shape index (κ3) is 15.7. The molecule has 0 spiro atoms. The topological polar surface area (TPSA) is 115 Å². The maximum atomic E-state index is 9.50. The second-order valence-corrected chi connectivity index (χ2v) is 1.24. The van der Waals surface area contributed by atoms with Crippen LogP contribution in [0.1, 0.15) is 12.8 Å². The van der Waals surface area contributed by atoms with E-state index in [9.17, 15) is 19.8 Å². The van der Waals surface area contributed by atoms with Gasteiger partial charge in [-0.2, -0.15) is 0 Å². The molecule has 0 amide bonds. The summed E-state index contributed by atoms with van der Waals surface area (Å²) in [5.41, 5.74) is 0. The number of aliphatic carboxylic acids is 2. The van der Waals surface area contributed by atoms with Gasteiger partial charge in [-0.1, -0.05) is 0 Å². The van der Waals surface area contributed by atoms with Gasteiger partial charge in [-0.3, -0.25) is 0 Å². The van der Waals surface area contributed by atoms with Crippen LogP contribution in [0.25, 0.3) is 0 Å². The van der Waals surface area contributed by atoms with E-state index in [1.165, 1.54) is 0 Å². The molecule has 0 aliphatic heterocycles. The molecule has 1 radical (unpaired) electrons. The Morgan fingerprint density at radius 3 is 1.30 bits per heavy atom. The molecule has 0 fully saturated rings. The Kier molecular flexibility index (Phi) is 13.6. The van der Waals surface area contributed by atoms with E-state index >= 15 is 0 Å². The van der Waals surface area contributed by atoms with Gasteiger partial charge in [0, 0.05) is 11.9 Å². The largest absolute Gasteiger partial charge is 3.00 e. The molecule has 3 N–H and O–H groups in total. The summed E-state index contributed by atoms with van der Waals surface area (Å²) >= 11 is 0. The van der Waals surface area contributed by atoms with Crippen molar-refractivity contribution in [3.05, 3.63) is 0 Å². The van der Waals surface area contributed by atoms with Gasteiger partial charge in [0.05, 0.1) is 0 Å². The predicted molar refractivity (Wildman–Crippen MR) is 24.3 cm³/mol. The average molecular weight is 189 g/mol. The van der Waals surface area contributed by atoms with Crippen molar-refractivity contribution in [2.24, 2.45) is 0 Å². The Bertz CT molecular complexity index is 102. The Balaban J connectivity index is -0.000000245. The van der Waals surface area contributed by atoms with Crippen LogP contribution in [-0.2, 0) is 26.7 Å². The maximum absolute atomic E-state index is 9.50. The zero-order valence-corrected chi connectivity index (χ0v) is 6.21. The van der Waals surface area contributed by atoms with Gasteiger partial charge in [0.1, 0.15) is 0 Å². The van der Waals surface area contributed by atoms with E-state index in [0.717, 1.165) is 0 Å². The normalized spacial score (nSPS) is 6.80. The van der Waals surface area contributed by atoms with Crippen LogP contribution in [-0.4, -0.2) is 11.9 Å². The smallest absolute Gasteiger partial charge is 0.550 e. The second kappa shape index (κ2) is 8.42. The first-order chi connectivity index (χ1) is 3.63. The maximum Gasteiger partial charge on any atom is 3.00 e. The molecule has 10 heavy (non-hydrogen) atoms. The molecule has 0 saturated heterocycles. The van der Waals surface area contributed by atoms with Crippen molar-refractivity contribution in [3.8, 4) is 0 Å². The van der Waals surface area contributed by atoms with Crippen molar-refractivity contribution in [1.82, 2.24) is 6.15 Å². The van der Waals surface area contributed by atoms with Crippen LogP contribution in [0.2, 0.25) is 0 Å². The number of carbonyl (C=O) groups excluding carboxylic acids is 2. The van der Waals surface area contributed by atoms with Crippen LogP contribution in [0.3, 0.4) is 0 Å². The molecule has 0 aromatic rings. The van der Waals surface area contributed by atoms with E-state index in [-0.39, 0.29) is 23.2 Å². The number of carboxylic acids is 2. The third-order valence-electron chi connectivity index (χ3n) is 0.533. The summed E-state index contributed by atoms with van der Waals surface area (Å²) in [4.78, 5) is 19.0. The van der Waals surface area contributed by atoms with Gasteiger partial charge in [-0.05, 0) is 12.8 Å². The number of carboxylic acid groups (broad SMARTS) is 2. The molecule has 5 nitrogen and oxygen atoms in total. The van der Waals surface area contributed by atoms with Crippen LogP contribution in [0, 0.1) is 0 Å². The van der Waals surface area contributed by atoms with Crippen molar-refractivity contribution < 1.29 is 36.9 Å². The van der Waals surface area contributed by atoms with Gasteiger partial charge in [-0.25, -0.2) is 0 Å². The van der Waals surface area contributed by atoms with Gasteiger partial charge < -0.3 is 26.0 Å². The minimum absolute atomic E-state index is 0. The number of hydrogen-bond donors (Lipinski definition) is 1. The molecular weight excluding hydrogens is 182 g/mol. The summed E-state index contributed by atoms with van der Waals surface area (Å²) in [6, 6.07) is 0. The molecule has 0 aliphatic rings. The first-order valence-corrected chi connectivity index (χ1v) is 2.02. The molecule has 0 bridgehead atoms. The van der Waals surface area contributed by atoms with E-state index in [1.54, 1.807) is 0 Å². The van der Waals surface area contributed by atoms with E-state index in [2.05, 4.69) is 0 Å². The van der Waals surface area contributed by atoms with Gasteiger partial charge in [-0.15, -0.1) is 0 Å². The van der Waals surface area contributed by atoms with E-state index in [4.69, 9.17) is 0 Å². The minimum Gasteiger partial charge on any atom is -0.550 e. The van der Waals surface area contributed by atoms with Crippen molar-refractivity contribution in [3.63, 3.8) is 0 Å². The third-order valence-corrected chi connectivity index (χ3v) is 0.533. The van der Waals surface area contributed by atoms with Crippen LogP contribution in [0.4, 0.5) is 0 Å². The molecule has 6 heteroatoms. The van der Waals surface area contributed by atoms with E-state index < -0.39 is 24.8 Å². The van der Waals surface area contributed by atoms with Crippen LogP contribution in [0.15, 0.2) is 0 Å². The first kappa shape index (κ1) is 16.2. The fourth-order valence-electron chi connectivity index (χ4n) is 0.204. The molecule has 0 aromatic heterocycles. The van der Waals surface area contributed by atoms with Gasteiger partial charge in [0.2, 0.25) is 0 Å². The number of hydrogen-bond acceptors (Lipinski definition) is 5. The SMILES string of the molecule is N.O=C([O-])CCC(=O)[O-].[Fe+3]. The summed E-state index contributed by atoms with van der Waals surface area (Å²) in [6.45, 7) is 0. The number of rotatable bonds is 3. The molecule has 0 heterocycles. The molecule has 0 aliphatic carbocycles. The van der Waals surface area contributed by atoms with Crippen molar-refractivity contribution in [2.45, 2.75) is 12.8 Å². The summed E-state index contributed by atoms with van der Waals surface area (Å²) < 4.78 is 0. The molecule has 59 valence electrons. The molecule has 0 aromatic carbocycles. The summed E-state index contributed by atoms with van der Waals surface area (Å²) in [7, 11) is 0. The van der Waals surface area contributed by atoms with Gasteiger partial charge in [0.15, 0.2) is 0 Å². The Morgan fingerprint density at radius 1 is 1.00 bits per heavy atom. The van der Waals surface area contributed by atoms with E-state index in [1.807, 2.05) is 0 Å². The minimum atomic E-state index is -1.37. The Morgan fingerprint density at radius 2 is 1.20 bits per heavy atom. The van der Waals surface area contributed by atoms with Gasteiger partial charge >= 0.3 is 17.1 Å². The summed E-state index contributed by atoms with van der Waals surface area (Å²) in [6.07, 6.45) is -0.940. The van der Waals surface area contributed by atoms with Gasteiger partial charge in [0.25, 0.3) is 0 Å². The fraction of sp³-hybridized carbons (Fsp3) is 0.500. The quantitative estimate of drug-likeness (QED) is 0.489. The zero-order chi connectivity index (χ0) is 6.57. The Hall–Kier alpha value is -0.581. The van der Waals surface area contributed by atoms with Crippen molar-refractivity contribution >= 4 is 11.9 Å².